The Kier molecular flexibility index (Phi) is 4.37. The van der Waals surface area contributed by atoms with Gasteiger partial charge in [0.2, 0.25) is 0 Å². The van der Waals surface area contributed by atoms with Gasteiger partial charge in [-0.05, 0) is 0 Å². The molecule has 0 atom stereocenters. The molecule has 0 amide bonds. The monoisotopic (exact) mass is 373 g/mol. The van der Waals surface area contributed by atoms with Gasteiger partial charge in [-0.2, -0.15) is 0 Å². The second kappa shape index (κ2) is 6.69. The van der Waals surface area contributed by atoms with Crippen LogP contribution in [0.3, 0.4) is 0 Å². The highest BCUT2D eigenvalue weighted by molar-refractivity contribution is 7.89. The van der Waals surface area contributed by atoms with Crippen LogP contribution in [0.1, 0.15) is 5.69 Å². The summed E-state index contributed by atoms with van der Waals surface area (Å²) in [4.78, 5) is 11.2. The van der Waals surface area contributed by atoms with Crippen molar-refractivity contribution >= 4 is 26.4 Å². The van der Waals surface area contributed by atoms with E-state index in [4.69, 9.17) is 9.15 Å². The predicted molar refractivity (Wildman–Crippen MR) is 98.8 cm³/mol. The highest BCUT2D eigenvalue weighted by Crippen LogP contribution is 2.30. The van der Waals surface area contributed by atoms with Crippen LogP contribution in [0.2, 0.25) is 0 Å². The molecule has 26 heavy (non-hydrogen) atoms. The zero-order valence-corrected chi connectivity index (χ0v) is 15.2. The van der Waals surface area contributed by atoms with Gasteiger partial charge in [0.1, 0.15) is 5.82 Å². The highest BCUT2D eigenvalue weighted by Gasteiger charge is 2.19. The van der Waals surface area contributed by atoms with Crippen molar-refractivity contribution in [2.24, 2.45) is 0 Å². The third-order valence-corrected chi connectivity index (χ3v) is 5.04. The Morgan fingerprint density at radius 2 is 1.92 bits per heavy atom. The number of sulfone groups is 1. The van der Waals surface area contributed by atoms with Gasteiger partial charge in [-0.15, -0.1) is 0 Å². The minimum Gasteiger partial charge on any atom is -0.460 e. The van der Waals surface area contributed by atoms with Gasteiger partial charge in [0.05, 0.1) is 30.9 Å². The normalized spacial score (nSPS) is 15.5. The fourth-order valence-corrected chi connectivity index (χ4v) is 3.73. The van der Waals surface area contributed by atoms with Crippen molar-refractivity contribution in [2.75, 3.05) is 37.5 Å². The molecule has 2 aromatic heterocycles. The van der Waals surface area contributed by atoms with E-state index >= 15 is 0 Å². The Bertz CT molecular complexity index is 1040. The predicted octanol–water partition coefficient (Wildman–Crippen LogP) is 2.27. The van der Waals surface area contributed by atoms with Crippen LogP contribution in [-0.4, -0.2) is 50.9 Å². The van der Waals surface area contributed by atoms with Crippen LogP contribution < -0.4 is 4.90 Å². The molecule has 0 saturated carbocycles. The smallest absolute Gasteiger partial charge is 0.198 e. The van der Waals surface area contributed by atoms with Crippen LogP contribution in [0.15, 0.2) is 41.0 Å². The van der Waals surface area contributed by atoms with Crippen molar-refractivity contribution in [3.8, 4) is 11.6 Å². The van der Waals surface area contributed by atoms with Gasteiger partial charge in [-0.3, -0.25) is 0 Å². The van der Waals surface area contributed by atoms with Crippen LogP contribution in [-0.2, 0) is 20.3 Å². The molecule has 0 spiro atoms. The molecule has 0 aliphatic carbocycles. The van der Waals surface area contributed by atoms with Gasteiger partial charge in [-0.1, -0.05) is 24.3 Å². The van der Waals surface area contributed by atoms with Gasteiger partial charge in [0, 0.05) is 36.2 Å². The van der Waals surface area contributed by atoms with Crippen LogP contribution in [0.4, 0.5) is 5.82 Å². The first-order chi connectivity index (χ1) is 12.5. The summed E-state index contributed by atoms with van der Waals surface area (Å²) in [5.74, 6) is 1.50. The molecule has 1 aliphatic rings. The Morgan fingerprint density at radius 3 is 2.69 bits per heavy atom. The van der Waals surface area contributed by atoms with E-state index in [1.807, 2.05) is 24.3 Å². The lowest BCUT2D eigenvalue weighted by Gasteiger charge is -2.28. The molecule has 1 aliphatic heterocycles. The maximum absolute atomic E-state index is 11.8. The molecule has 0 radical (unpaired) electrons. The molecular weight excluding hydrogens is 354 g/mol. The molecular formula is C18H19N3O4S. The maximum Gasteiger partial charge on any atom is 0.198 e. The number of hydrogen-bond acceptors (Lipinski definition) is 7. The van der Waals surface area contributed by atoms with Crippen molar-refractivity contribution in [1.82, 2.24) is 9.97 Å². The van der Waals surface area contributed by atoms with Crippen LogP contribution >= 0.6 is 0 Å². The topological polar surface area (TPSA) is 85.5 Å². The van der Waals surface area contributed by atoms with Crippen molar-refractivity contribution in [1.29, 1.82) is 0 Å². The minimum atomic E-state index is -3.22. The van der Waals surface area contributed by atoms with Gasteiger partial charge < -0.3 is 14.1 Å². The molecule has 3 heterocycles. The van der Waals surface area contributed by atoms with E-state index in [0.717, 1.165) is 10.8 Å². The van der Waals surface area contributed by atoms with E-state index in [1.165, 1.54) is 6.26 Å². The van der Waals surface area contributed by atoms with Crippen molar-refractivity contribution in [2.45, 2.75) is 5.75 Å². The number of morpholine rings is 1. The molecule has 0 N–H and O–H groups in total. The van der Waals surface area contributed by atoms with Crippen LogP contribution in [0.5, 0.6) is 0 Å². The molecule has 1 saturated heterocycles. The number of rotatable bonds is 4. The quantitative estimate of drug-likeness (QED) is 0.693. The highest BCUT2D eigenvalue weighted by atomic mass is 32.2. The molecule has 4 rings (SSSR count). The van der Waals surface area contributed by atoms with Crippen LogP contribution in [0.25, 0.3) is 22.4 Å². The SMILES string of the molecule is CS(=O)(=O)Cc1cc(N2CCOCC2)nc(-c2occ3ccccc23)n1. The van der Waals surface area contributed by atoms with Gasteiger partial charge in [-0.25, -0.2) is 18.4 Å². The van der Waals surface area contributed by atoms with E-state index in [-0.39, 0.29) is 5.75 Å². The lowest BCUT2D eigenvalue weighted by molar-refractivity contribution is 0.122. The zero-order valence-electron chi connectivity index (χ0n) is 14.4. The summed E-state index contributed by atoms with van der Waals surface area (Å²) in [5, 5.41) is 1.85. The Morgan fingerprint density at radius 1 is 1.15 bits per heavy atom. The van der Waals surface area contributed by atoms with E-state index in [1.54, 1.807) is 12.3 Å². The molecule has 0 unspecified atom stereocenters. The first-order valence-electron chi connectivity index (χ1n) is 8.34. The molecule has 8 heteroatoms. The second-order valence-corrected chi connectivity index (χ2v) is 8.50. The number of hydrogen-bond donors (Lipinski definition) is 0. The number of benzene rings is 1. The second-order valence-electron chi connectivity index (χ2n) is 6.36. The lowest BCUT2D eigenvalue weighted by atomic mass is 10.2. The van der Waals surface area contributed by atoms with Gasteiger partial charge in [0.15, 0.2) is 21.4 Å². The fraction of sp³-hybridized carbons (Fsp3) is 0.333. The molecule has 7 nitrogen and oxygen atoms in total. The molecule has 1 aromatic carbocycles. The number of furan rings is 1. The summed E-state index contributed by atoms with van der Waals surface area (Å²) in [7, 11) is -3.22. The van der Waals surface area contributed by atoms with Gasteiger partial charge >= 0.3 is 0 Å². The van der Waals surface area contributed by atoms with E-state index in [2.05, 4.69) is 14.9 Å². The summed E-state index contributed by atoms with van der Waals surface area (Å²) in [6, 6.07) is 9.48. The summed E-state index contributed by atoms with van der Waals surface area (Å²) in [6.45, 7) is 2.64. The van der Waals surface area contributed by atoms with Crippen molar-refractivity contribution < 1.29 is 17.6 Å². The number of aromatic nitrogens is 2. The Labute approximate surface area is 151 Å². The minimum absolute atomic E-state index is 0.140. The lowest BCUT2D eigenvalue weighted by Crippen LogP contribution is -2.37. The van der Waals surface area contributed by atoms with Gasteiger partial charge in [0.25, 0.3) is 0 Å². The Balaban J connectivity index is 1.83. The molecule has 1 fully saturated rings. The van der Waals surface area contributed by atoms with E-state index < -0.39 is 9.84 Å². The number of nitrogens with zero attached hydrogens (tertiary/aromatic N) is 3. The zero-order chi connectivity index (χ0) is 18.1. The summed E-state index contributed by atoms with van der Waals surface area (Å²) in [6.07, 6.45) is 2.86. The van der Waals surface area contributed by atoms with E-state index in [0.29, 0.717) is 49.4 Å². The molecule has 0 bridgehead atoms. The first kappa shape index (κ1) is 17.0. The average molecular weight is 373 g/mol. The molecule has 3 aromatic rings. The Hall–Kier alpha value is -2.45. The largest absolute Gasteiger partial charge is 0.460 e. The number of ether oxygens (including phenoxy) is 1. The van der Waals surface area contributed by atoms with Crippen molar-refractivity contribution in [3.63, 3.8) is 0 Å². The summed E-state index contributed by atoms with van der Waals surface area (Å²) < 4.78 is 34.7. The number of anilines is 1. The molecule has 136 valence electrons. The summed E-state index contributed by atoms with van der Waals surface area (Å²) in [5.41, 5.74) is 0.458. The van der Waals surface area contributed by atoms with Crippen LogP contribution in [0, 0.1) is 0 Å². The fourth-order valence-electron chi connectivity index (χ4n) is 3.05. The standard InChI is InChI=1S/C18H19N3O4S/c1-26(22,23)12-14-10-16(21-6-8-24-9-7-21)20-18(19-14)17-15-5-3-2-4-13(15)11-25-17/h2-5,10-11H,6-9,12H2,1H3. The number of fused-ring (bicyclic) bond motifs is 1. The van der Waals surface area contributed by atoms with E-state index in [9.17, 15) is 8.42 Å². The third-order valence-electron chi connectivity index (χ3n) is 4.22. The average Bonchev–Trinajstić information content (AvgIpc) is 3.05. The maximum atomic E-state index is 11.8. The third kappa shape index (κ3) is 3.56. The summed E-state index contributed by atoms with van der Waals surface area (Å²) >= 11 is 0. The van der Waals surface area contributed by atoms with Crippen molar-refractivity contribution in [3.05, 3.63) is 42.3 Å². The first-order valence-corrected chi connectivity index (χ1v) is 10.4.